The highest BCUT2D eigenvalue weighted by Crippen LogP contribution is 2.50. The number of rotatable bonds is 2. The van der Waals surface area contributed by atoms with Crippen LogP contribution in [-0.2, 0) is 16.1 Å². The van der Waals surface area contributed by atoms with E-state index in [1.807, 2.05) is 11.1 Å². The highest BCUT2D eigenvalue weighted by molar-refractivity contribution is 5.99. The maximum absolute atomic E-state index is 13.0. The Bertz CT molecular complexity index is 797. The summed E-state index contributed by atoms with van der Waals surface area (Å²) in [6.45, 7) is 1.51. The van der Waals surface area contributed by atoms with Crippen LogP contribution in [0.5, 0.6) is 0 Å². The van der Waals surface area contributed by atoms with E-state index in [1.54, 1.807) is 22.8 Å². The van der Waals surface area contributed by atoms with E-state index >= 15 is 0 Å². The van der Waals surface area contributed by atoms with Gasteiger partial charge in [0.2, 0.25) is 5.91 Å². The van der Waals surface area contributed by atoms with Crippen molar-refractivity contribution in [2.45, 2.75) is 63.2 Å². The molecule has 1 aromatic heterocycles. The van der Waals surface area contributed by atoms with Crippen LogP contribution in [0.4, 0.5) is 5.82 Å². The summed E-state index contributed by atoms with van der Waals surface area (Å²) in [5, 5.41) is 17.7. The molecule has 5 rings (SSSR count). The van der Waals surface area contributed by atoms with Crippen LogP contribution in [0.1, 0.15) is 38.5 Å². The minimum absolute atomic E-state index is 0.0390. The molecule has 2 amide bonds. The van der Waals surface area contributed by atoms with Crippen molar-refractivity contribution in [2.24, 2.45) is 15.8 Å². The van der Waals surface area contributed by atoms with Gasteiger partial charge in [-0.15, -0.1) is 0 Å². The molecule has 1 aromatic rings. The lowest BCUT2D eigenvalue weighted by molar-refractivity contribution is -0.128. The smallest absolute Gasteiger partial charge is 0.250 e. The van der Waals surface area contributed by atoms with E-state index in [9.17, 15) is 9.59 Å². The Morgan fingerprint density at radius 1 is 1.33 bits per heavy atom. The third-order valence-electron chi connectivity index (χ3n) is 6.72. The van der Waals surface area contributed by atoms with E-state index in [0.717, 1.165) is 18.8 Å². The van der Waals surface area contributed by atoms with Crippen molar-refractivity contribution >= 4 is 17.6 Å². The molecule has 2 fully saturated rings. The maximum atomic E-state index is 13.0. The molecule has 1 saturated heterocycles. The zero-order valence-corrected chi connectivity index (χ0v) is 15.5. The van der Waals surface area contributed by atoms with Crippen molar-refractivity contribution in [3.8, 4) is 0 Å². The van der Waals surface area contributed by atoms with Crippen LogP contribution in [0.2, 0.25) is 0 Å². The predicted molar refractivity (Wildman–Crippen MR) is 96.8 cm³/mol. The molecule has 0 radical (unpaired) electrons. The number of fused-ring (bicyclic) bond motifs is 2. The summed E-state index contributed by atoms with van der Waals surface area (Å²) in [7, 11) is 1.72. The van der Waals surface area contributed by atoms with E-state index in [4.69, 9.17) is 0 Å². The Hall–Kier alpha value is -2.45. The number of nitrogens with zero attached hydrogens (tertiary/aromatic N) is 6. The molecule has 3 atom stereocenters. The van der Waals surface area contributed by atoms with Gasteiger partial charge in [-0.1, -0.05) is 18.1 Å². The molecule has 27 heavy (non-hydrogen) atoms. The molecule has 9 nitrogen and oxygen atoms in total. The summed E-state index contributed by atoms with van der Waals surface area (Å²) in [4.78, 5) is 27.3. The summed E-state index contributed by atoms with van der Waals surface area (Å²) in [5.41, 5.74) is 0.316. The van der Waals surface area contributed by atoms with Crippen molar-refractivity contribution in [3.05, 3.63) is 12.3 Å². The van der Waals surface area contributed by atoms with Crippen molar-refractivity contribution in [2.75, 3.05) is 18.5 Å². The fourth-order valence-corrected chi connectivity index (χ4v) is 5.26. The Morgan fingerprint density at radius 2 is 2.15 bits per heavy atom. The second-order valence-corrected chi connectivity index (χ2v) is 8.39. The van der Waals surface area contributed by atoms with Gasteiger partial charge in [-0.25, -0.2) is 4.68 Å². The standard InChI is InChI=1S/C18H25N7O2/c1-23-14-4-8-19-24(14)9-5-12(17(23)27)20-16(26)15-13-10-18(6-2-3-7-18)11-25(13)22-21-15/h4,8,12-13,15H,2-3,5-7,9-11H2,1H3,(H,20,26)/t12-,13?,15?/m0/s1. The number of hydrogen-bond donors (Lipinski definition) is 1. The molecule has 144 valence electrons. The summed E-state index contributed by atoms with van der Waals surface area (Å²) < 4.78 is 1.79. The Kier molecular flexibility index (Phi) is 3.73. The zero-order chi connectivity index (χ0) is 18.6. The van der Waals surface area contributed by atoms with Gasteiger partial charge in [0.25, 0.3) is 5.91 Å². The van der Waals surface area contributed by atoms with E-state index in [-0.39, 0.29) is 17.9 Å². The van der Waals surface area contributed by atoms with Gasteiger partial charge in [-0.2, -0.15) is 10.2 Å². The minimum atomic E-state index is -0.560. The van der Waals surface area contributed by atoms with E-state index in [1.165, 1.54) is 25.7 Å². The number of amides is 2. The zero-order valence-electron chi connectivity index (χ0n) is 15.5. The van der Waals surface area contributed by atoms with Crippen molar-refractivity contribution in [3.63, 3.8) is 0 Å². The number of anilines is 1. The number of carbonyl (C=O) groups is 2. The van der Waals surface area contributed by atoms with Crippen LogP contribution < -0.4 is 10.2 Å². The lowest BCUT2D eigenvalue weighted by atomic mass is 9.82. The molecule has 4 aliphatic rings. The van der Waals surface area contributed by atoms with E-state index < -0.39 is 12.1 Å². The van der Waals surface area contributed by atoms with Crippen molar-refractivity contribution in [1.29, 1.82) is 0 Å². The molecule has 1 N–H and O–H groups in total. The quantitative estimate of drug-likeness (QED) is 0.843. The summed E-state index contributed by atoms with van der Waals surface area (Å²) in [6.07, 6.45) is 8.17. The maximum Gasteiger partial charge on any atom is 0.250 e. The van der Waals surface area contributed by atoms with Gasteiger partial charge in [-0.3, -0.25) is 19.5 Å². The predicted octanol–water partition coefficient (Wildman–Crippen LogP) is 1.12. The third-order valence-corrected chi connectivity index (χ3v) is 6.72. The van der Waals surface area contributed by atoms with Gasteiger partial charge >= 0.3 is 0 Å². The molecule has 2 unspecified atom stereocenters. The van der Waals surface area contributed by atoms with Crippen LogP contribution in [0.15, 0.2) is 22.6 Å². The largest absolute Gasteiger partial charge is 0.342 e. The number of aromatic nitrogens is 2. The minimum Gasteiger partial charge on any atom is -0.342 e. The van der Waals surface area contributed by atoms with Gasteiger partial charge in [-0.05, 0) is 31.1 Å². The SMILES string of the molecule is CN1C(=O)[C@@H](NC(=O)C2N=NN3CC4(CCCC4)CC23)CCn2nccc21. The first-order chi connectivity index (χ1) is 13.1. The second kappa shape index (κ2) is 6.03. The fraction of sp³-hybridized carbons (Fsp3) is 0.722. The average molecular weight is 371 g/mol. The first-order valence-electron chi connectivity index (χ1n) is 9.84. The highest BCUT2D eigenvalue weighted by atomic mass is 16.2. The van der Waals surface area contributed by atoms with Crippen molar-refractivity contribution in [1.82, 2.24) is 20.1 Å². The number of hydrogen-bond acceptors (Lipinski definition) is 6. The number of nitrogens with one attached hydrogen (secondary N) is 1. The molecule has 0 bridgehead atoms. The van der Waals surface area contributed by atoms with Gasteiger partial charge in [0.15, 0.2) is 6.04 Å². The number of carbonyl (C=O) groups excluding carboxylic acids is 2. The van der Waals surface area contributed by atoms with Gasteiger partial charge < -0.3 is 5.32 Å². The number of aryl methyl sites for hydroxylation is 1. The third kappa shape index (κ3) is 2.62. The van der Waals surface area contributed by atoms with Crippen LogP contribution in [0.3, 0.4) is 0 Å². The normalized spacial score (nSPS) is 31.3. The molecular weight excluding hydrogens is 346 g/mol. The molecule has 1 saturated carbocycles. The first-order valence-corrected chi connectivity index (χ1v) is 9.84. The molecule has 0 aromatic carbocycles. The van der Waals surface area contributed by atoms with Crippen LogP contribution in [0.25, 0.3) is 0 Å². The molecule has 4 heterocycles. The summed E-state index contributed by atoms with van der Waals surface area (Å²) >= 11 is 0. The average Bonchev–Trinajstić information content (AvgIpc) is 3.41. The Morgan fingerprint density at radius 3 is 2.96 bits per heavy atom. The van der Waals surface area contributed by atoms with Crippen molar-refractivity contribution < 1.29 is 9.59 Å². The lowest BCUT2D eigenvalue weighted by Crippen LogP contribution is -2.51. The van der Waals surface area contributed by atoms with Crippen LogP contribution in [-0.4, -0.2) is 58.3 Å². The monoisotopic (exact) mass is 371 g/mol. The molecule has 1 aliphatic carbocycles. The highest BCUT2D eigenvalue weighted by Gasteiger charge is 2.52. The summed E-state index contributed by atoms with van der Waals surface area (Å²) in [6, 6.07) is 0.779. The lowest BCUT2D eigenvalue weighted by Gasteiger charge is -2.23. The number of likely N-dealkylation sites (N-methyl/N-ethyl adjacent to an activating group) is 1. The summed E-state index contributed by atoms with van der Waals surface area (Å²) in [5.74, 6) is 0.447. The molecule has 1 spiro atoms. The van der Waals surface area contributed by atoms with E-state index in [2.05, 4.69) is 20.8 Å². The van der Waals surface area contributed by atoms with Crippen LogP contribution in [0, 0.1) is 5.41 Å². The molecule has 9 heteroatoms. The van der Waals surface area contributed by atoms with Gasteiger partial charge in [0, 0.05) is 26.2 Å². The fourth-order valence-electron chi connectivity index (χ4n) is 5.26. The second-order valence-electron chi connectivity index (χ2n) is 8.39. The van der Waals surface area contributed by atoms with E-state index in [0.29, 0.717) is 18.4 Å². The van der Waals surface area contributed by atoms with Gasteiger partial charge in [0.1, 0.15) is 11.9 Å². The topological polar surface area (TPSA) is 95.2 Å². The molecular formula is C18H25N7O2. The molecule has 3 aliphatic heterocycles. The van der Waals surface area contributed by atoms with Gasteiger partial charge in [0.05, 0.1) is 12.2 Å². The first kappa shape index (κ1) is 16.7. The van der Waals surface area contributed by atoms with Crippen LogP contribution >= 0.6 is 0 Å². The Balaban J connectivity index is 1.28. The Labute approximate surface area is 157 Å².